The van der Waals surface area contributed by atoms with Crippen molar-refractivity contribution >= 4 is 16.7 Å². The van der Waals surface area contributed by atoms with E-state index in [1.165, 1.54) is 0 Å². The first-order valence-electron chi connectivity index (χ1n) is 2.42. The van der Waals surface area contributed by atoms with Gasteiger partial charge in [-0.25, -0.2) is 0 Å². The molecule has 0 aliphatic carbocycles. The minimum atomic E-state index is -4.67. The van der Waals surface area contributed by atoms with E-state index in [-0.39, 0.29) is 6.15 Å². The molecule has 11 heavy (non-hydrogen) atoms. The van der Waals surface area contributed by atoms with Crippen LogP contribution in [0.15, 0.2) is 4.99 Å². The maximum absolute atomic E-state index is 8.74. The SMILES string of the molecule is C1=NCCN1.N.O=S(=O)(O)O. The lowest BCUT2D eigenvalue weighted by atomic mass is 10.7. The van der Waals surface area contributed by atoms with Gasteiger partial charge in [0.1, 0.15) is 0 Å². The van der Waals surface area contributed by atoms with Crippen molar-refractivity contribution < 1.29 is 17.5 Å². The van der Waals surface area contributed by atoms with Gasteiger partial charge in [0.15, 0.2) is 0 Å². The maximum atomic E-state index is 8.74. The Morgan fingerprint density at radius 2 is 1.91 bits per heavy atom. The Balaban J connectivity index is 0. The molecule has 0 atom stereocenters. The average Bonchev–Trinajstić information content (AvgIpc) is 2.07. The second-order valence-corrected chi connectivity index (χ2v) is 2.33. The fraction of sp³-hybridized carbons (Fsp3) is 0.667. The monoisotopic (exact) mass is 185 g/mol. The number of hydrogen-bond donors (Lipinski definition) is 4. The Morgan fingerprint density at radius 1 is 1.45 bits per heavy atom. The largest absolute Gasteiger partial charge is 0.394 e. The number of nitrogens with one attached hydrogen (secondary N) is 1. The summed E-state index contributed by atoms with van der Waals surface area (Å²) in [6.45, 7) is 1.99. The minimum absolute atomic E-state index is 0. The van der Waals surface area contributed by atoms with Crippen molar-refractivity contribution in [2.24, 2.45) is 4.99 Å². The molecule has 0 amide bonds. The van der Waals surface area contributed by atoms with Gasteiger partial charge in [-0.3, -0.25) is 14.1 Å². The van der Waals surface area contributed by atoms with E-state index in [2.05, 4.69) is 10.3 Å². The van der Waals surface area contributed by atoms with Crippen LogP contribution >= 0.6 is 0 Å². The number of nitrogens with zero attached hydrogens (tertiary/aromatic N) is 1. The van der Waals surface area contributed by atoms with Crippen LogP contribution in [0.3, 0.4) is 0 Å². The van der Waals surface area contributed by atoms with Gasteiger partial charge < -0.3 is 11.5 Å². The van der Waals surface area contributed by atoms with Crippen molar-refractivity contribution in [1.29, 1.82) is 0 Å². The van der Waals surface area contributed by atoms with Crippen molar-refractivity contribution in [2.75, 3.05) is 13.1 Å². The first-order chi connectivity index (χ1) is 4.50. The first kappa shape index (κ1) is 12.9. The summed E-state index contributed by atoms with van der Waals surface area (Å²) in [5, 5.41) is 2.93. The molecule has 0 bridgehead atoms. The van der Waals surface area contributed by atoms with E-state index < -0.39 is 10.4 Å². The van der Waals surface area contributed by atoms with Crippen LogP contribution in [-0.2, 0) is 10.4 Å². The van der Waals surface area contributed by atoms with Gasteiger partial charge in [0.25, 0.3) is 0 Å². The molecule has 7 nitrogen and oxygen atoms in total. The molecular weight excluding hydrogens is 174 g/mol. The molecule has 0 saturated heterocycles. The molecule has 1 rings (SSSR count). The highest BCUT2D eigenvalue weighted by atomic mass is 32.3. The summed E-state index contributed by atoms with van der Waals surface area (Å²) in [6, 6.07) is 0. The highest BCUT2D eigenvalue weighted by molar-refractivity contribution is 7.79. The third kappa shape index (κ3) is 26.8. The van der Waals surface area contributed by atoms with Crippen LogP contribution in [0.2, 0.25) is 0 Å². The van der Waals surface area contributed by atoms with Crippen molar-refractivity contribution in [3.05, 3.63) is 0 Å². The predicted octanol–water partition coefficient (Wildman–Crippen LogP) is -0.873. The molecule has 0 aromatic carbocycles. The Morgan fingerprint density at radius 3 is 2.00 bits per heavy atom. The van der Waals surface area contributed by atoms with Gasteiger partial charge in [-0.1, -0.05) is 0 Å². The molecule has 0 unspecified atom stereocenters. The van der Waals surface area contributed by atoms with E-state index in [1.54, 1.807) is 6.34 Å². The highest BCUT2D eigenvalue weighted by Gasteiger charge is 1.84. The van der Waals surface area contributed by atoms with Gasteiger partial charge in [-0.2, -0.15) is 8.42 Å². The van der Waals surface area contributed by atoms with Crippen molar-refractivity contribution in [1.82, 2.24) is 11.5 Å². The molecule has 0 radical (unpaired) electrons. The van der Waals surface area contributed by atoms with Crippen LogP contribution in [0.4, 0.5) is 0 Å². The van der Waals surface area contributed by atoms with Gasteiger partial charge in [0.2, 0.25) is 0 Å². The second kappa shape index (κ2) is 6.04. The van der Waals surface area contributed by atoms with Crippen molar-refractivity contribution in [2.45, 2.75) is 0 Å². The lowest BCUT2D eigenvalue weighted by Gasteiger charge is -1.75. The van der Waals surface area contributed by atoms with E-state index in [4.69, 9.17) is 17.5 Å². The molecule has 0 saturated carbocycles. The van der Waals surface area contributed by atoms with Crippen molar-refractivity contribution in [3.8, 4) is 0 Å². The number of aliphatic imine (C=N–C) groups is 1. The molecule has 1 heterocycles. The van der Waals surface area contributed by atoms with E-state index in [9.17, 15) is 0 Å². The zero-order valence-corrected chi connectivity index (χ0v) is 6.58. The van der Waals surface area contributed by atoms with E-state index in [0.717, 1.165) is 13.1 Å². The Bertz CT molecular complexity index is 185. The third-order valence-corrected chi connectivity index (χ3v) is 0.568. The molecule has 8 heteroatoms. The van der Waals surface area contributed by atoms with Crippen LogP contribution < -0.4 is 11.5 Å². The smallest absolute Gasteiger partial charge is 0.375 e. The summed E-state index contributed by atoms with van der Waals surface area (Å²) in [5.74, 6) is 0. The topological polar surface area (TPSA) is 134 Å². The van der Waals surface area contributed by atoms with Crippen molar-refractivity contribution in [3.63, 3.8) is 0 Å². The highest BCUT2D eigenvalue weighted by Crippen LogP contribution is 1.68. The van der Waals surface area contributed by atoms with Crippen LogP contribution in [-0.4, -0.2) is 37.0 Å². The number of rotatable bonds is 0. The molecule has 0 aromatic rings. The summed E-state index contributed by atoms with van der Waals surface area (Å²) in [4.78, 5) is 3.85. The first-order valence-corrected chi connectivity index (χ1v) is 3.81. The normalized spacial score (nSPS) is 14.0. The molecule has 68 valence electrons. The average molecular weight is 185 g/mol. The summed E-state index contributed by atoms with van der Waals surface area (Å²) in [5.41, 5.74) is 0. The van der Waals surface area contributed by atoms with E-state index in [1.807, 2.05) is 0 Å². The maximum Gasteiger partial charge on any atom is 0.394 e. The molecule has 0 spiro atoms. The molecule has 0 aromatic heterocycles. The van der Waals surface area contributed by atoms with Crippen LogP contribution in [0, 0.1) is 0 Å². The molecular formula is C3H11N3O4S. The third-order valence-electron chi connectivity index (χ3n) is 0.568. The van der Waals surface area contributed by atoms with Gasteiger partial charge in [-0.05, 0) is 0 Å². The molecule has 1 aliphatic heterocycles. The zero-order chi connectivity index (χ0) is 8.04. The fourth-order valence-corrected chi connectivity index (χ4v) is 0.323. The van der Waals surface area contributed by atoms with Gasteiger partial charge >= 0.3 is 10.4 Å². The van der Waals surface area contributed by atoms with Crippen LogP contribution in [0.25, 0.3) is 0 Å². The van der Waals surface area contributed by atoms with Crippen LogP contribution in [0.5, 0.6) is 0 Å². The van der Waals surface area contributed by atoms with Gasteiger partial charge in [0.05, 0.1) is 12.9 Å². The van der Waals surface area contributed by atoms with Crippen LogP contribution in [0.1, 0.15) is 0 Å². The van der Waals surface area contributed by atoms with Gasteiger partial charge in [-0.15, -0.1) is 0 Å². The standard InChI is InChI=1S/C3H6N2.H3N.H2O4S/c1-2-5-3-4-1;;1-5(2,3)4/h3H,1-2H2,(H,4,5);1H3;(H2,1,2,3,4). The Hall–Kier alpha value is -0.700. The second-order valence-electron chi connectivity index (χ2n) is 1.44. The molecule has 6 N–H and O–H groups in total. The summed E-state index contributed by atoms with van der Waals surface area (Å²) < 4.78 is 31.6. The van der Waals surface area contributed by atoms with Gasteiger partial charge in [0, 0.05) is 6.54 Å². The summed E-state index contributed by atoms with van der Waals surface area (Å²) >= 11 is 0. The molecule has 1 aliphatic rings. The summed E-state index contributed by atoms with van der Waals surface area (Å²) in [6.07, 6.45) is 1.74. The predicted molar refractivity (Wildman–Crippen MR) is 40.6 cm³/mol. The Labute approximate surface area is 64.7 Å². The zero-order valence-electron chi connectivity index (χ0n) is 5.77. The fourth-order valence-electron chi connectivity index (χ4n) is 0.323. The number of hydrogen-bond acceptors (Lipinski definition) is 5. The Kier molecular flexibility index (Phi) is 7.10. The lowest BCUT2D eigenvalue weighted by Crippen LogP contribution is -2.04. The molecule has 0 fully saturated rings. The van der Waals surface area contributed by atoms with E-state index in [0.29, 0.717) is 0 Å². The van der Waals surface area contributed by atoms with E-state index >= 15 is 0 Å². The summed E-state index contributed by atoms with van der Waals surface area (Å²) in [7, 11) is -4.67. The quantitative estimate of drug-likeness (QED) is 0.362. The lowest BCUT2D eigenvalue weighted by molar-refractivity contribution is 0.381. The minimum Gasteiger partial charge on any atom is -0.375 e.